The zero-order chi connectivity index (χ0) is 15.2. The number of carbonyl (C=O) groups excluding carboxylic acids is 2. The van der Waals surface area contributed by atoms with E-state index in [1.165, 1.54) is 30.5 Å². The molecule has 1 saturated heterocycles. The van der Waals surface area contributed by atoms with Crippen molar-refractivity contribution in [3.8, 4) is 0 Å². The molecule has 8 nitrogen and oxygen atoms in total. The Hall–Kier alpha value is -2.77. The monoisotopic (exact) mass is 290 g/mol. The van der Waals surface area contributed by atoms with Gasteiger partial charge in [0, 0.05) is 18.7 Å². The van der Waals surface area contributed by atoms with Crippen LogP contribution in [-0.4, -0.2) is 29.5 Å². The minimum atomic E-state index is -0.715. The Bertz CT molecular complexity index is 582. The van der Waals surface area contributed by atoms with E-state index in [1.807, 2.05) is 0 Å². The molecule has 1 atom stereocenters. The third-order valence-corrected chi connectivity index (χ3v) is 3.09. The normalized spacial score (nSPS) is 18.3. The number of hydrogen-bond donors (Lipinski definition) is 2. The van der Waals surface area contributed by atoms with Crippen molar-refractivity contribution >= 4 is 23.7 Å². The van der Waals surface area contributed by atoms with Crippen LogP contribution in [0.4, 0.5) is 5.69 Å². The molecule has 0 unspecified atom stereocenters. The fraction of sp³-hybridized carbons (Fsp3) is 0.308. The Labute approximate surface area is 120 Å². The summed E-state index contributed by atoms with van der Waals surface area (Å²) in [5.41, 5.74) is 2.89. The SMILES string of the molecule is O=C1NCCC[C@H]1C(=O)N/N=C\c1ccc([N+](=O)[O-])cc1. The van der Waals surface area contributed by atoms with Crippen molar-refractivity contribution in [2.24, 2.45) is 11.0 Å². The molecule has 1 aliphatic rings. The maximum absolute atomic E-state index is 11.8. The van der Waals surface area contributed by atoms with Crippen molar-refractivity contribution in [1.29, 1.82) is 0 Å². The number of hydrazone groups is 1. The highest BCUT2D eigenvalue weighted by Gasteiger charge is 2.28. The Morgan fingerprint density at radius 1 is 1.43 bits per heavy atom. The van der Waals surface area contributed by atoms with Crippen molar-refractivity contribution in [2.75, 3.05) is 6.54 Å². The number of piperidine rings is 1. The summed E-state index contributed by atoms with van der Waals surface area (Å²) in [6, 6.07) is 5.72. The van der Waals surface area contributed by atoms with Crippen LogP contribution in [0, 0.1) is 16.0 Å². The van der Waals surface area contributed by atoms with Gasteiger partial charge in [0.25, 0.3) is 11.6 Å². The van der Waals surface area contributed by atoms with Crippen LogP contribution < -0.4 is 10.7 Å². The minimum absolute atomic E-state index is 0.0185. The van der Waals surface area contributed by atoms with Gasteiger partial charge in [0.2, 0.25) is 5.91 Å². The highest BCUT2D eigenvalue weighted by atomic mass is 16.6. The van der Waals surface area contributed by atoms with Crippen molar-refractivity contribution in [2.45, 2.75) is 12.8 Å². The molecule has 0 aromatic heterocycles. The lowest BCUT2D eigenvalue weighted by Crippen LogP contribution is -2.43. The first kappa shape index (κ1) is 14.6. The summed E-state index contributed by atoms with van der Waals surface area (Å²) in [6.07, 6.45) is 2.63. The van der Waals surface area contributed by atoms with Crippen molar-refractivity contribution in [1.82, 2.24) is 10.7 Å². The number of benzene rings is 1. The van der Waals surface area contributed by atoms with Crippen LogP contribution in [-0.2, 0) is 9.59 Å². The highest BCUT2D eigenvalue weighted by Crippen LogP contribution is 2.12. The minimum Gasteiger partial charge on any atom is -0.355 e. The van der Waals surface area contributed by atoms with Gasteiger partial charge in [-0.1, -0.05) is 0 Å². The number of hydrogen-bond acceptors (Lipinski definition) is 5. The van der Waals surface area contributed by atoms with Gasteiger partial charge in [-0.05, 0) is 30.5 Å². The summed E-state index contributed by atoms with van der Waals surface area (Å²) in [5.74, 6) is -1.46. The van der Waals surface area contributed by atoms with Gasteiger partial charge < -0.3 is 5.32 Å². The number of non-ortho nitro benzene ring substituents is 1. The molecule has 110 valence electrons. The molecule has 8 heteroatoms. The van der Waals surface area contributed by atoms with E-state index in [4.69, 9.17) is 0 Å². The molecule has 1 aliphatic heterocycles. The van der Waals surface area contributed by atoms with Gasteiger partial charge in [-0.15, -0.1) is 0 Å². The van der Waals surface area contributed by atoms with Gasteiger partial charge in [0.1, 0.15) is 5.92 Å². The first-order valence-corrected chi connectivity index (χ1v) is 6.43. The standard InChI is InChI=1S/C13H14N4O4/c18-12-11(2-1-7-14-12)13(19)16-15-8-9-3-5-10(6-4-9)17(20)21/h3-6,8,11H,1-2,7H2,(H,14,18)(H,16,19)/b15-8-/t11-/m1/s1. The topological polar surface area (TPSA) is 114 Å². The van der Waals surface area contributed by atoms with Crippen LogP contribution in [0.25, 0.3) is 0 Å². The maximum atomic E-state index is 11.8. The maximum Gasteiger partial charge on any atom is 0.269 e. The van der Waals surface area contributed by atoms with Crippen LogP contribution >= 0.6 is 0 Å². The van der Waals surface area contributed by atoms with E-state index in [9.17, 15) is 19.7 Å². The predicted octanol–water partition coefficient (Wildman–Crippen LogP) is 0.571. The highest BCUT2D eigenvalue weighted by molar-refractivity contribution is 6.00. The summed E-state index contributed by atoms with van der Waals surface area (Å²) >= 11 is 0. The lowest BCUT2D eigenvalue weighted by atomic mass is 9.98. The summed E-state index contributed by atoms with van der Waals surface area (Å²) in [6.45, 7) is 0.592. The van der Waals surface area contributed by atoms with E-state index in [1.54, 1.807) is 0 Å². The van der Waals surface area contributed by atoms with E-state index in [2.05, 4.69) is 15.8 Å². The summed E-state index contributed by atoms with van der Waals surface area (Å²) < 4.78 is 0. The molecule has 0 bridgehead atoms. The number of nitro benzene ring substituents is 1. The molecule has 0 radical (unpaired) electrons. The number of rotatable bonds is 4. The van der Waals surface area contributed by atoms with E-state index < -0.39 is 16.7 Å². The Kier molecular flexibility index (Phi) is 4.60. The van der Waals surface area contributed by atoms with Crippen molar-refractivity contribution < 1.29 is 14.5 Å². The molecular formula is C13H14N4O4. The van der Waals surface area contributed by atoms with E-state index >= 15 is 0 Å². The molecule has 1 heterocycles. The quantitative estimate of drug-likeness (QED) is 0.365. The molecule has 1 fully saturated rings. The van der Waals surface area contributed by atoms with E-state index in [0.717, 1.165) is 6.42 Å². The average Bonchev–Trinajstić information content (AvgIpc) is 2.48. The third kappa shape index (κ3) is 3.85. The number of amides is 2. The molecule has 1 aromatic rings. The van der Waals surface area contributed by atoms with Crippen LogP contribution in [0.1, 0.15) is 18.4 Å². The lowest BCUT2D eigenvalue weighted by Gasteiger charge is -2.19. The van der Waals surface area contributed by atoms with Gasteiger partial charge in [-0.25, -0.2) is 5.43 Å². The molecular weight excluding hydrogens is 276 g/mol. The summed E-state index contributed by atoms with van der Waals surface area (Å²) in [5, 5.41) is 16.9. The Morgan fingerprint density at radius 2 is 2.14 bits per heavy atom. The molecule has 0 saturated carbocycles. The zero-order valence-corrected chi connectivity index (χ0v) is 11.1. The number of nitrogens with one attached hydrogen (secondary N) is 2. The number of carbonyl (C=O) groups is 2. The Balaban J connectivity index is 1.91. The molecule has 1 aromatic carbocycles. The molecule has 2 rings (SSSR count). The zero-order valence-electron chi connectivity index (χ0n) is 11.1. The summed E-state index contributed by atoms with van der Waals surface area (Å²) in [4.78, 5) is 33.3. The van der Waals surface area contributed by atoms with Gasteiger partial charge in [-0.2, -0.15) is 5.10 Å². The largest absolute Gasteiger partial charge is 0.355 e. The fourth-order valence-electron chi connectivity index (χ4n) is 1.95. The summed E-state index contributed by atoms with van der Waals surface area (Å²) in [7, 11) is 0. The lowest BCUT2D eigenvalue weighted by molar-refractivity contribution is -0.384. The van der Waals surface area contributed by atoms with Gasteiger partial charge >= 0.3 is 0 Å². The smallest absolute Gasteiger partial charge is 0.269 e. The van der Waals surface area contributed by atoms with E-state index in [-0.39, 0.29) is 11.6 Å². The molecule has 2 N–H and O–H groups in total. The van der Waals surface area contributed by atoms with Crippen LogP contribution in [0.5, 0.6) is 0 Å². The van der Waals surface area contributed by atoms with Crippen LogP contribution in [0.2, 0.25) is 0 Å². The molecule has 2 amide bonds. The second-order valence-electron chi connectivity index (χ2n) is 4.57. The van der Waals surface area contributed by atoms with Gasteiger partial charge in [-0.3, -0.25) is 19.7 Å². The first-order valence-electron chi connectivity index (χ1n) is 6.43. The van der Waals surface area contributed by atoms with Crippen molar-refractivity contribution in [3.63, 3.8) is 0 Å². The van der Waals surface area contributed by atoms with Crippen molar-refractivity contribution in [3.05, 3.63) is 39.9 Å². The average molecular weight is 290 g/mol. The molecule has 0 spiro atoms. The second kappa shape index (κ2) is 6.60. The van der Waals surface area contributed by atoms with Crippen LogP contribution in [0.15, 0.2) is 29.4 Å². The predicted molar refractivity (Wildman–Crippen MR) is 74.6 cm³/mol. The fourth-order valence-corrected chi connectivity index (χ4v) is 1.95. The Morgan fingerprint density at radius 3 is 2.76 bits per heavy atom. The van der Waals surface area contributed by atoms with Gasteiger partial charge in [0.15, 0.2) is 0 Å². The third-order valence-electron chi connectivity index (χ3n) is 3.09. The van der Waals surface area contributed by atoms with Gasteiger partial charge in [0.05, 0.1) is 11.1 Å². The first-order chi connectivity index (χ1) is 10.1. The van der Waals surface area contributed by atoms with E-state index in [0.29, 0.717) is 18.5 Å². The number of nitro groups is 1. The second-order valence-corrected chi connectivity index (χ2v) is 4.57. The molecule has 0 aliphatic carbocycles. The molecule has 21 heavy (non-hydrogen) atoms. The number of nitrogens with zero attached hydrogens (tertiary/aromatic N) is 2. The van der Waals surface area contributed by atoms with Crippen LogP contribution in [0.3, 0.4) is 0 Å².